The highest BCUT2D eigenvalue weighted by Crippen LogP contribution is 2.41. The zero-order valence-corrected chi connectivity index (χ0v) is 12.9. The summed E-state index contributed by atoms with van der Waals surface area (Å²) >= 11 is 0. The van der Waals surface area contributed by atoms with Crippen LogP contribution in [0, 0.1) is 0 Å². The van der Waals surface area contributed by atoms with Gasteiger partial charge in [-0.2, -0.15) is 0 Å². The van der Waals surface area contributed by atoms with Gasteiger partial charge < -0.3 is 10.1 Å². The maximum atomic E-state index is 6.29. The first-order chi connectivity index (χ1) is 9.82. The molecule has 0 spiro atoms. The molecule has 0 aromatic carbocycles. The van der Waals surface area contributed by atoms with Gasteiger partial charge in [-0.05, 0) is 44.4 Å². The molecular formula is C17H28N2O. The predicted octanol–water partition coefficient (Wildman–Crippen LogP) is 3.86. The van der Waals surface area contributed by atoms with Crippen molar-refractivity contribution in [3.63, 3.8) is 0 Å². The fraction of sp³-hybridized carbons (Fsp3) is 0.706. The Morgan fingerprint density at radius 1 is 1.30 bits per heavy atom. The Morgan fingerprint density at radius 3 is 2.70 bits per heavy atom. The molecule has 0 saturated heterocycles. The van der Waals surface area contributed by atoms with Crippen LogP contribution in [0.25, 0.3) is 0 Å². The van der Waals surface area contributed by atoms with E-state index in [1.807, 2.05) is 18.5 Å². The van der Waals surface area contributed by atoms with Crippen LogP contribution in [-0.4, -0.2) is 23.7 Å². The summed E-state index contributed by atoms with van der Waals surface area (Å²) in [5, 5.41) is 3.72. The van der Waals surface area contributed by atoms with Crippen molar-refractivity contribution in [2.75, 3.05) is 13.2 Å². The number of pyridine rings is 1. The monoisotopic (exact) mass is 276 g/mol. The van der Waals surface area contributed by atoms with E-state index in [-0.39, 0.29) is 11.6 Å². The zero-order valence-electron chi connectivity index (χ0n) is 12.9. The summed E-state index contributed by atoms with van der Waals surface area (Å²) in [5.41, 5.74) is 1.21. The van der Waals surface area contributed by atoms with Gasteiger partial charge in [-0.15, -0.1) is 0 Å². The van der Waals surface area contributed by atoms with Crippen molar-refractivity contribution in [2.24, 2.45) is 0 Å². The van der Waals surface area contributed by atoms with Gasteiger partial charge in [-0.1, -0.05) is 32.3 Å². The van der Waals surface area contributed by atoms with Crippen LogP contribution in [0.3, 0.4) is 0 Å². The van der Waals surface area contributed by atoms with Crippen LogP contribution in [0.4, 0.5) is 0 Å². The first-order valence-electron chi connectivity index (χ1n) is 8.09. The highest BCUT2D eigenvalue weighted by Gasteiger charge is 2.41. The third-order valence-electron chi connectivity index (χ3n) is 4.27. The predicted molar refractivity (Wildman–Crippen MR) is 82.7 cm³/mol. The smallest absolute Gasteiger partial charge is 0.0876 e. The molecule has 112 valence electrons. The van der Waals surface area contributed by atoms with E-state index >= 15 is 0 Å². The molecule has 1 aromatic rings. The second-order valence-corrected chi connectivity index (χ2v) is 5.73. The molecule has 1 aromatic heterocycles. The van der Waals surface area contributed by atoms with Crippen molar-refractivity contribution >= 4 is 0 Å². The molecule has 1 fully saturated rings. The molecule has 3 heteroatoms. The average molecular weight is 276 g/mol. The van der Waals surface area contributed by atoms with Crippen LogP contribution < -0.4 is 5.32 Å². The molecule has 1 aliphatic carbocycles. The number of rotatable bonds is 7. The van der Waals surface area contributed by atoms with E-state index in [9.17, 15) is 0 Å². The van der Waals surface area contributed by atoms with Crippen molar-refractivity contribution in [3.05, 3.63) is 30.1 Å². The van der Waals surface area contributed by atoms with Gasteiger partial charge in [0.05, 0.1) is 11.6 Å². The number of aromatic nitrogens is 1. The number of nitrogens with one attached hydrogen (secondary N) is 1. The molecule has 1 unspecified atom stereocenters. The average Bonchev–Trinajstić information content (AvgIpc) is 2.50. The third-order valence-corrected chi connectivity index (χ3v) is 4.27. The Morgan fingerprint density at radius 2 is 2.10 bits per heavy atom. The largest absolute Gasteiger partial charge is 0.373 e. The van der Waals surface area contributed by atoms with Crippen molar-refractivity contribution in [1.29, 1.82) is 0 Å². The van der Waals surface area contributed by atoms with Crippen LogP contribution in [0.2, 0.25) is 0 Å². The molecule has 0 radical (unpaired) electrons. The first-order valence-corrected chi connectivity index (χ1v) is 8.09. The summed E-state index contributed by atoms with van der Waals surface area (Å²) in [6.07, 6.45) is 11.1. The van der Waals surface area contributed by atoms with Gasteiger partial charge in [-0.3, -0.25) is 4.98 Å². The second-order valence-electron chi connectivity index (χ2n) is 5.73. The molecule has 1 saturated carbocycles. The van der Waals surface area contributed by atoms with E-state index < -0.39 is 0 Å². The highest BCUT2D eigenvalue weighted by atomic mass is 16.5. The summed E-state index contributed by atoms with van der Waals surface area (Å²) in [6.45, 7) is 6.12. The Kier molecular flexibility index (Phi) is 5.99. The maximum Gasteiger partial charge on any atom is 0.0876 e. The summed E-state index contributed by atoms with van der Waals surface area (Å²) in [6, 6.07) is 4.46. The number of ether oxygens (including phenoxy) is 1. The van der Waals surface area contributed by atoms with Crippen LogP contribution in [0.15, 0.2) is 24.5 Å². The van der Waals surface area contributed by atoms with Gasteiger partial charge in [0.2, 0.25) is 0 Å². The lowest BCUT2D eigenvalue weighted by Gasteiger charge is -2.44. The first kappa shape index (κ1) is 15.5. The Bertz CT molecular complexity index is 368. The van der Waals surface area contributed by atoms with Gasteiger partial charge in [0.25, 0.3) is 0 Å². The van der Waals surface area contributed by atoms with Gasteiger partial charge in [0.15, 0.2) is 0 Å². The van der Waals surface area contributed by atoms with Crippen molar-refractivity contribution in [2.45, 2.75) is 64.0 Å². The fourth-order valence-electron chi connectivity index (χ4n) is 3.40. The summed E-state index contributed by atoms with van der Waals surface area (Å²) < 4.78 is 6.29. The van der Waals surface area contributed by atoms with Crippen LogP contribution >= 0.6 is 0 Å². The standard InChI is InChI=1S/C17H28N2O/c1-3-12-19-16(15-9-8-13-18-14-15)17(20-4-2)10-6-5-7-11-17/h8-9,13-14,16,19H,3-7,10-12H2,1-2H3. The Labute approximate surface area is 123 Å². The van der Waals surface area contributed by atoms with Crippen molar-refractivity contribution in [1.82, 2.24) is 10.3 Å². The fourth-order valence-corrected chi connectivity index (χ4v) is 3.40. The van der Waals surface area contributed by atoms with Crippen molar-refractivity contribution < 1.29 is 4.74 Å². The van der Waals surface area contributed by atoms with Crippen LogP contribution in [0.1, 0.15) is 64.0 Å². The van der Waals surface area contributed by atoms with Gasteiger partial charge >= 0.3 is 0 Å². The van der Waals surface area contributed by atoms with Crippen LogP contribution in [0.5, 0.6) is 0 Å². The second kappa shape index (κ2) is 7.75. The quantitative estimate of drug-likeness (QED) is 0.821. The molecule has 1 aliphatic rings. The molecule has 1 heterocycles. The maximum absolute atomic E-state index is 6.29. The summed E-state index contributed by atoms with van der Waals surface area (Å²) in [7, 11) is 0. The number of nitrogens with zero attached hydrogens (tertiary/aromatic N) is 1. The normalized spacial score (nSPS) is 19.7. The SMILES string of the molecule is CCCNC(c1cccnc1)C1(OCC)CCCCC1. The lowest BCUT2D eigenvalue weighted by Crippen LogP contribution is -2.48. The minimum Gasteiger partial charge on any atom is -0.373 e. The number of hydrogen-bond donors (Lipinski definition) is 1. The topological polar surface area (TPSA) is 34.2 Å². The number of hydrogen-bond acceptors (Lipinski definition) is 3. The van der Waals surface area contributed by atoms with E-state index in [0.29, 0.717) is 0 Å². The minimum absolute atomic E-state index is 0.0504. The summed E-state index contributed by atoms with van der Waals surface area (Å²) in [5.74, 6) is 0. The molecule has 20 heavy (non-hydrogen) atoms. The van der Waals surface area contributed by atoms with Gasteiger partial charge in [0.1, 0.15) is 0 Å². The van der Waals surface area contributed by atoms with E-state index in [2.05, 4.69) is 30.2 Å². The molecule has 2 rings (SSSR count). The van der Waals surface area contributed by atoms with E-state index in [1.165, 1.54) is 24.8 Å². The molecular weight excluding hydrogens is 248 g/mol. The lowest BCUT2D eigenvalue weighted by molar-refractivity contribution is -0.0912. The lowest BCUT2D eigenvalue weighted by atomic mass is 9.76. The van der Waals surface area contributed by atoms with Gasteiger partial charge in [0, 0.05) is 19.0 Å². The highest BCUT2D eigenvalue weighted by molar-refractivity contribution is 5.19. The molecule has 0 amide bonds. The molecule has 0 bridgehead atoms. The molecule has 1 N–H and O–H groups in total. The van der Waals surface area contributed by atoms with Gasteiger partial charge in [-0.25, -0.2) is 0 Å². The van der Waals surface area contributed by atoms with E-state index in [1.54, 1.807) is 0 Å². The molecule has 0 aliphatic heterocycles. The molecule has 3 nitrogen and oxygen atoms in total. The van der Waals surface area contributed by atoms with E-state index in [4.69, 9.17) is 4.74 Å². The minimum atomic E-state index is -0.0504. The van der Waals surface area contributed by atoms with Crippen molar-refractivity contribution in [3.8, 4) is 0 Å². The molecule has 1 atom stereocenters. The Balaban J connectivity index is 2.26. The zero-order chi connectivity index (χ0) is 14.3. The van der Waals surface area contributed by atoms with Crippen LogP contribution in [-0.2, 0) is 4.74 Å². The van der Waals surface area contributed by atoms with E-state index in [0.717, 1.165) is 32.4 Å². The Hall–Kier alpha value is -0.930. The third kappa shape index (κ3) is 3.58. The summed E-state index contributed by atoms with van der Waals surface area (Å²) in [4.78, 5) is 4.30.